The van der Waals surface area contributed by atoms with Crippen molar-refractivity contribution in [1.82, 2.24) is 0 Å². The summed E-state index contributed by atoms with van der Waals surface area (Å²) in [4.78, 5) is 0.235. The average molecular weight is 420 g/mol. The SMILES string of the molecule is C[C@@H]1CCc2c(oc3ccc(NS(=O)(=O)c4ccc(Br)cc4)cc23)C1. The molecule has 4 nitrogen and oxygen atoms in total. The minimum atomic E-state index is -3.61. The van der Waals surface area contributed by atoms with E-state index in [9.17, 15) is 8.42 Å². The van der Waals surface area contributed by atoms with Crippen molar-refractivity contribution in [2.24, 2.45) is 5.92 Å². The second-order valence-corrected chi connectivity index (χ2v) is 9.22. The van der Waals surface area contributed by atoms with E-state index < -0.39 is 10.0 Å². The van der Waals surface area contributed by atoms with Crippen molar-refractivity contribution in [3.63, 3.8) is 0 Å². The van der Waals surface area contributed by atoms with Gasteiger partial charge in [0.25, 0.3) is 10.0 Å². The first-order chi connectivity index (χ1) is 11.9. The molecule has 1 heterocycles. The Morgan fingerprint density at radius 2 is 1.92 bits per heavy atom. The van der Waals surface area contributed by atoms with Crippen LogP contribution in [0.5, 0.6) is 0 Å². The van der Waals surface area contributed by atoms with E-state index in [4.69, 9.17) is 4.42 Å². The first-order valence-electron chi connectivity index (χ1n) is 8.25. The number of anilines is 1. The lowest BCUT2D eigenvalue weighted by Crippen LogP contribution is -2.12. The van der Waals surface area contributed by atoms with Gasteiger partial charge in [-0.05, 0) is 61.2 Å². The third-order valence-electron chi connectivity index (χ3n) is 4.67. The molecule has 0 fully saturated rings. The number of aryl methyl sites for hydroxylation is 1. The molecule has 130 valence electrons. The molecule has 25 heavy (non-hydrogen) atoms. The summed E-state index contributed by atoms with van der Waals surface area (Å²) in [6, 6.07) is 12.0. The monoisotopic (exact) mass is 419 g/mol. The van der Waals surface area contributed by atoms with Gasteiger partial charge in [0.05, 0.1) is 4.90 Å². The van der Waals surface area contributed by atoms with Gasteiger partial charge in [0.2, 0.25) is 0 Å². The van der Waals surface area contributed by atoms with E-state index in [0.29, 0.717) is 11.6 Å². The maximum Gasteiger partial charge on any atom is 0.261 e. The van der Waals surface area contributed by atoms with Gasteiger partial charge < -0.3 is 4.42 Å². The Kier molecular flexibility index (Phi) is 4.12. The summed E-state index contributed by atoms with van der Waals surface area (Å²) >= 11 is 3.32. The van der Waals surface area contributed by atoms with Gasteiger partial charge >= 0.3 is 0 Å². The molecule has 1 atom stereocenters. The Bertz CT molecular complexity index is 1040. The molecule has 3 aromatic rings. The molecule has 0 amide bonds. The lowest BCUT2D eigenvalue weighted by atomic mass is 9.88. The summed E-state index contributed by atoms with van der Waals surface area (Å²) in [5, 5.41) is 1.01. The maximum absolute atomic E-state index is 12.6. The van der Waals surface area contributed by atoms with Gasteiger partial charge in [0.15, 0.2) is 0 Å². The highest BCUT2D eigenvalue weighted by molar-refractivity contribution is 9.10. The Morgan fingerprint density at radius 3 is 2.68 bits per heavy atom. The molecule has 2 aromatic carbocycles. The number of benzene rings is 2. The first-order valence-corrected chi connectivity index (χ1v) is 10.5. The molecular weight excluding hydrogens is 402 g/mol. The van der Waals surface area contributed by atoms with E-state index in [1.807, 2.05) is 12.1 Å². The molecule has 1 aliphatic rings. The normalized spacial score (nSPS) is 17.4. The Balaban J connectivity index is 1.69. The van der Waals surface area contributed by atoms with Crippen LogP contribution >= 0.6 is 15.9 Å². The van der Waals surface area contributed by atoms with Crippen LogP contribution in [-0.2, 0) is 22.9 Å². The van der Waals surface area contributed by atoms with Crippen LogP contribution in [-0.4, -0.2) is 8.42 Å². The topological polar surface area (TPSA) is 59.3 Å². The van der Waals surface area contributed by atoms with Crippen molar-refractivity contribution in [2.75, 3.05) is 4.72 Å². The molecule has 0 radical (unpaired) electrons. The molecule has 0 aliphatic heterocycles. The molecule has 6 heteroatoms. The summed E-state index contributed by atoms with van der Waals surface area (Å²) < 4.78 is 34.6. The molecule has 0 spiro atoms. The zero-order valence-electron chi connectivity index (χ0n) is 13.8. The van der Waals surface area contributed by atoms with Crippen LogP contribution < -0.4 is 4.72 Å². The molecule has 1 N–H and O–H groups in total. The van der Waals surface area contributed by atoms with Crippen LogP contribution in [0.4, 0.5) is 5.69 Å². The highest BCUT2D eigenvalue weighted by atomic mass is 79.9. The lowest BCUT2D eigenvalue weighted by molar-refractivity contribution is 0.426. The number of sulfonamides is 1. The van der Waals surface area contributed by atoms with Crippen LogP contribution in [0, 0.1) is 5.92 Å². The van der Waals surface area contributed by atoms with Crippen LogP contribution in [0.1, 0.15) is 24.7 Å². The second kappa shape index (κ2) is 6.18. The van der Waals surface area contributed by atoms with E-state index in [0.717, 1.165) is 40.5 Å². The zero-order chi connectivity index (χ0) is 17.6. The summed E-state index contributed by atoms with van der Waals surface area (Å²) in [5.74, 6) is 1.67. The zero-order valence-corrected chi connectivity index (χ0v) is 16.2. The lowest BCUT2D eigenvalue weighted by Gasteiger charge is -2.16. The maximum atomic E-state index is 12.6. The highest BCUT2D eigenvalue weighted by Crippen LogP contribution is 2.35. The third-order valence-corrected chi connectivity index (χ3v) is 6.60. The number of hydrogen-bond acceptors (Lipinski definition) is 3. The first kappa shape index (κ1) is 16.7. The fourth-order valence-corrected chi connectivity index (χ4v) is 4.65. The molecule has 4 rings (SSSR count). The summed E-state index contributed by atoms with van der Waals surface area (Å²) in [5.41, 5.74) is 2.60. The molecule has 0 saturated heterocycles. The number of halogens is 1. The van der Waals surface area contributed by atoms with Gasteiger partial charge in [-0.25, -0.2) is 8.42 Å². The number of furan rings is 1. The molecule has 1 aliphatic carbocycles. The van der Waals surface area contributed by atoms with Crippen molar-refractivity contribution < 1.29 is 12.8 Å². The fourth-order valence-electron chi connectivity index (χ4n) is 3.34. The van der Waals surface area contributed by atoms with E-state index >= 15 is 0 Å². The van der Waals surface area contributed by atoms with Gasteiger partial charge in [-0.3, -0.25) is 4.72 Å². The van der Waals surface area contributed by atoms with E-state index in [2.05, 4.69) is 27.6 Å². The van der Waals surface area contributed by atoms with Crippen LogP contribution in [0.3, 0.4) is 0 Å². The predicted molar refractivity (Wildman–Crippen MR) is 102 cm³/mol. The van der Waals surface area contributed by atoms with Crippen LogP contribution in [0.15, 0.2) is 56.2 Å². The molecule has 1 aromatic heterocycles. The number of fused-ring (bicyclic) bond motifs is 3. The number of nitrogens with one attached hydrogen (secondary N) is 1. The van der Waals surface area contributed by atoms with E-state index in [1.54, 1.807) is 30.3 Å². The fraction of sp³-hybridized carbons (Fsp3) is 0.263. The number of rotatable bonds is 3. The smallest absolute Gasteiger partial charge is 0.261 e. The highest BCUT2D eigenvalue weighted by Gasteiger charge is 2.22. The van der Waals surface area contributed by atoms with Gasteiger partial charge in [-0.2, -0.15) is 0 Å². The van der Waals surface area contributed by atoms with Crippen molar-refractivity contribution in [1.29, 1.82) is 0 Å². The average Bonchev–Trinajstić information content (AvgIpc) is 2.91. The van der Waals surface area contributed by atoms with Crippen LogP contribution in [0.2, 0.25) is 0 Å². The number of hydrogen-bond donors (Lipinski definition) is 1. The standard InChI is InChI=1S/C19H18BrNO3S/c1-12-2-8-16-17-11-14(5-9-18(17)24-19(16)10-12)21-25(22,23)15-6-3-13(20)4-7-15/h3-7,9,11-12,21H,2,8,10H2,1H3/t12-/m1/s1. The molecule has 0 unspecified atom stereocenters. The van der Waals surface area contributed by atoms with Gasteiger partial charge in [-0.1, -0.05) is 22.9 Å². The molecule has 0 bridgehead atoms. The van der Waals surface area contributed by atoms with Crippen molar-refractivity contribution >= 4 is 42.6 Å². The van der Waals surface area contributed by atoms with Crippen molar-refractivity contribution in [3.8, 4) is 0 Å². The third kappa shape index (κ3) is 3.20. The van der Waals surface area contributed by atoms with Gasteiger partial charge in [0.1, 0.15) is 11.3 Å². The largest absolute Gasteiger partial charge is 0.461 e. The molecule has 0 saturated carbocycles. The minimum Gasteiger partial charge on any atom is -0.461 e. The Morgan fingerprint density at radius 1 is 1.16 bits per heavy atom. The quantitative estimate of drug-likeness (QED) is 0.640. The molecular formula is C19H18BrNO3S. The van der Waals surface area contributed by atoms with Crippen LogP contribution in [0.25, 0.3) is 11.0 Å². The predicted octanol–water partition coefficient (Wildman–Crippen LogP) is 5.12. The summed E-state index contributed by atoms with van der Waals surface area (Å²) in [6.45, 7) is 2.23. The Hall–Kier alpha value is -1.79. The minimum absolute atomic E-state index is 0.235. The van der Waals surface area contributed by atoms with Crippen molar-refractivity contribution in [2.45, 2.75) is 31.1 Å². The van der Waals surface area contributed by atoms with Gasteiger partial charge in [-0.15, -0.1) is 0 Å². The van der Waals surface area contributed by atoms with E-state index in [1.165, 1.54) is 5.56 Å². The van der Waals surface area contributed by atoms with Crippen molar-refractivity contribution in [3.05, 3.63) is 58.3 Å². The van der Waals surface area contributed by atoms with E-state index in [-0.39, 0.29) is 4.90 Å². The van der Waals surface area contributed by atoms with Gasteiger partial charge in [0, 0.05) is 27.5 Å². The second-order valence-electron chi connectivity index (χ2n) is 6.62. The Labute approximate surface area is 155 Å². The summed E-state index contributed by atoms with van der Waals surface area (Å²) in [7, 11) is -3.61. The summed E-state index contributed by atoms with van der Waals surface area (Å²) in [6.07, 6.45) is 3.06.